The van der Waals surface area contributed by atoms with E-state index >= 15 is 0 Å². The van der Waals surface area contributed by atoms with Gasteiger partial charge in [0.05, 0.1) is 32.0 Å². The normalized spacial score (nSPS) is 19.2. The maximum absolute atomic E-state index is 13.6. The Balaban J connectivity index is 1.64. The molecule has 2 amide bonds. The molecule has 0 aliphatic carbocycles. The van der Waals surface area contributed by atoms with Crippen LogP contribution in [0.3, 0.4) is 0 Å². The molecule has 1 aromatic carbocycles. The summed E-state index contributed by atoms with van der Waals surface area (Å²) in [7, 11) is 5.12. The SMILES string of the molecule is CCNC1(C2=CC(C)c3c(cc(OC)cc3OC)CN2C=O)CCN(C(=O)c2cc(C(C)(C)C)nn2C)CC1. The van der Waals surface area contributed by atoms with E-state index in [0.29, 0.717) is 43.9 Å². The topological polar surface area (TPSA) is 88.9 Å². The van der Waals surface area contributed by atoms with Crippen LogP contribution in [-0.2, 0) is 23.8 Å². The summed E-state index contributed by atoms with van der Waals surface area (Å²) in [5.41, 5.74) is 3.94. The number of nitrogens with zero attached hydrogens (tertiary/aromatic N) is 4. The first-order valence-electron chi connectivity index (χ1n) is 13.8. The van der Waals surface area contributed by atoms with Crippen LogP contribution in [0.2, 0.25) is 0 Å². The first kappa shape index (κ1) is 28.7. The van der Waals surface area contributed by atoms with E-state index in [1.165, 1.54) is 0 Å². The Morgan fingerprint density at radius 3 is 2.41 bits per heavy atom. The van der Waals surface area contributed by atoms with E-state index in [1.807, 2.05) is 30.1 Å². The zero-order valence-corrected chi connectivity index (χ0v) is 24.6. The van der Waals surface area contributed by atoms with Crippen molar-refractivity contribution in [2.24, 2.45) is 7.05 Å². The molecule has 0 radical (unpaired) electrons. The number of aryl methyl sites for hydroxylation is 1. The average Bonchev–Trinajstić information content (AvgIpc) is 3.25. The number of aromatic nitrogens is 2. The Hall–Kier alpha value is -3.33. The fourth-order valence-electron chi connectivity index (χ4n) is 5.95. The third-order valence-corrected chi connectivity index (χ3v) is 8.07. The third kappa shape index (κ3) is 5.41. The van der Waals surface area contributed by atoms with Gasteiger partial charge in [-0.05, 0) is 37.1 Å². The van der Waals surface area contributed by atoms with Crippen LogP contribution in [0.1, 0.15) is 80.7 Å². The molecule has 0 bridgehead atoms. The number of nitrogens with one attached hydrogen (secondary N) is 1. The van der Waals surface area contributed by atoms with Crippen molar-refractivity contribution in [1.29, 1.82) is 0 Å². The molecule has 39 heavy (non-hydrogen) atoms. The summed E-state index contributed by atoms with van der Waals surface area (Å²) in [5.74, 6) is 1.46. The molecule has 1 atom stereocenters. The molecule has 1 saturated heterocycles. The molecule has 212 valence electrons. The average molecular weight is 538 g/mol. The first-order valence-corrected chi connectivity index (χ1v) is 13.8. The number of rotatable bonds is 7. The van der Waals surface area contributed by atoms with Crippen LogP contribution in [0.4, 0.5) is 0 Å². The fourth-order valence-corrected chi connectivity index (χ4v) is 5.95. The predicted octanol–water partition coefficient (Wildman–Crippen LogP) is 3.98. The highest BCUT2D eigenvalue weighted by Crippen LogP contribution is 2.42. The highest BCUT2D eigenvalue weighted by Gasteiger charge is 2.42. The van der Waals surface area contributed by atoms with Crippen LogP contribution < -0.4 is 14.8 Å². The van der Waals surface area contributed by atoms with Gasteiger partial charge >= 0.3 is 0 Å². The Morgan fingerprint density at radius 1 is 1.18 bits per heavy atom. The number of carbonyl (C=O) groups is 2. The van der Waals surface area contributed by atoms with Crippen molar-refractivity contribution in [3.8, 4) is 11.5 Å². The van der Waals surface area contributed by atoms with Crippen LogP contribution in [-0.4, -0.2) is 71.3 Å². The van der Waals surface area contributed by atoms with Crippen LogP contribution in [0.15, 0.2) is 30.0 Å². The summed E-state index contributed by atoms with van der Waals surface area (Å²) in [4.78, 5) is 29.8. The van der Waals surface area contributed by atoms with Gasteiger partial charge in [-0.1, -0.05) is 40.7 Å². The molecule has 1 unspecified atom stereocenters. The van der Waals surface area contributed by atoms with Crippen molar-refractivity contribution in [3.63, 3.8) is 0 Å². The van der Waals surface area contributed by atoms with E-state index in [1.54, 1.807) is 23.8 Å². The molecule has 3 heterocycles. The number of methoxy groups -OCH3 is 2. The number of piperidine rings is 1. The predicted molar refractivity (Wildman–Crippen MR) is 151 cm³/mol. The standard InChI is InChI=1S/C30H43N5O4/c1-9-31-30(10-12-34(13-11-30)28(37)23-17-25(29(3,4)5)32-33(23)6)26-14-20(2)27-21(18-35(26)19-36)15-22(38-7)16-24(27)39-8/h14-17,19-20,31H,9-13,18H2,1-8H3. The summed E-state index contributed by atoms with van der Waals surface area (Å²) >= 11 is 0. The molecule has 0 saturated carbocycles. The van der Waals surface area contributed by atoms with Crippen molar-refractivity contribution in [3.05, 3.63) is 52.5 Å². The largest absolute Gasteiger partial charge is 0.497 e. The minimum absolute atomic E-state index is 0.00899. The van der Waals surface area contributed by atoms with Gasteiger partial charge in [0.1, 0.15) is 17.2 Å². The van der Waals surface area contributed by atoms with Crippen LogP contribution in [0, 0.1) is 0 Å². The smallest absolute Gasteiger partial charge is 0.272 e. The molecule has 4 rings (SSSR count). The van der Waals surface area contributed by atoms with E-state index in [2.05, 4.69) is 51.1 Å². The van der Waals surface area contributed by atoms with Gasteiger partial charge in [-0.15, -0.1) is 0 Å². The Morgan fingerprint density at radius 2 is 1.87 bits per heavy atom. The summed E-state index contributed by atoms with van der Waals surface area (Å²) in [6.45, 7) is 12.8. The number of amides is 2. The van der Waals surface area contributed by atoms with Crippen molar-refractivity contribution >= 4 is 12.3 Å². The monoisotopic (exact) mass is 537 g/mol. The highest BCUT2D eigenvalue weighted by molar-refractivity contribution is 5.93. The summed E-state index contributed by atoms with van der Waals surface area (Å²) in [6.07, 6.45) is 4.48. The maximum atomic E-state index is 13.6. The number of benzene rings is 1. The number of carbonyl (C=O) groups excluding carboxylic acids is 2. The van der Waals surface area contributed by atoms with E-state index in [-0.39, 0.29) is 17.2 Å². The van der Waals surface area contributed by atoms with Gasteiger partial charge in [-0.25, -0.2) is 0 Å². The second kappa shape index (κ2) is 11.0. The maximum Gasteiger partial charge on any atom is 0.272 e. The minimum atomic E-state index is -0.441. The van der Waals surface area contributed by atoms with E-state index in [4.69, 9.17) is 9.47 Å². The zero-order valence-electron chi connectivity index (χ0n) is 24.6. The van der Waals surface area contributed by atoms with Crippen LogP contribution in [0.25, 0.3) is 0 Å². The number of likely N-dealkylation sites (tertiary alicyclic amines) is 1. The molecule has 1 aromatic heterocycles. The number of fused-ring (bicyclic) bond motifs is 1. The summed E-state index contributed by atoms with van der Waals surface area (Å²) in [6, 6.07) is 5.80. The van der Waals surface area contributed by atoms with Gasteiger partial charge in [0.25, 0.3) is 5.91 Å². The van der Waals surface area contributed by atoms with Gasteiger partial charge in [0, 0.05) is 48.8 Å². The Labute approximate surface area is 232 Å². The van der Waals surface area contributed by atoms with Crippen molar-refractivity contribution in [2.75, 3.05) is 33.9 Å². The molecular formula is C30H43N5O4. The number of hydrogen-bond donors (Lipinski definition) is 1. The molecular weight excluding hydrogens is 494 g/mol. The lowest BCUT2D eigenvalue weighted by atomic mass is 9.81. The van der Waals surface area contributed by atoms with Gasteiger partial charge in [-0.2, -0.15) is 5.10 Å². The third-order valence-electron chi connectivity index (χ3n) is 8.07. The van der Waals surface area contributed by atoms with Crippen LogP contribution in [0.5, 0.6) is 11.5 Å². The summed E-state index contributed by atoms with van der Waals surface area (Å²) < 4.78 is 12.9. The van der Waals surface area contributed by atoms with E-state index in [9.17, 15) is 9.59 Å². The number of allylic oxidation sites excluding steroid dienone is 1. The lowest BCUT2D eigenvalue weighted by Gasteiger charge is -2.46. The van der Waals surface area contributed by atoms with Gasteiger partial charge < -0.3 is 24.6 Å². The molecule has 9 nitrogen and oxygen atoms in total. The molecule has 2 aliphatic rings. The van der Waals surface area contributed by atoms with Gasteiger partial charge in [0.2, 0.25) is 6.41 Å². The lowest BCUT2D eigenvalue weighted by molar-refractivity contribution is -0.117. The zero-order chi connectivity index (χ0) is 28.5. The molecule has 2 aromatic rings. The fraction of sp³-hybridized carbons (Fsp3) is 0.567. The van der Waals surface area contributed by atoms with Crippen LogP contribution >= 0.6 is 0 Å². The van der Waals surface area contributed by atoms with Crippen molar-refractivity contribution < 1.29 is 19.1 Å². The molecule has 9 heteroatoms. The minimum Gasteiger partial charge on any atom is -0.497 e. The van der Waals surface area contributed by atoms with Crippen molar-refractivity contribution in [2.45, 2.75) is 70.9 Å². The second-order valence-corrected chi connectivity index (χ2v) is 11.7. The van der Waals surface area contributed by atoms with Crippen molar-refractivity contribution in [1.82, 2.24) is 24.9 Å². The molecule has 1 fully saturated rings. The lowest BCUT2D eigenvalue weighted by Crippen LogP contribution is -2.58. The Bertz CT molecular complexity index is 1250. The molecule has 0 spiro atoms. The number of likely N-dealkylation sites (N-methyl/N-ethyl adjacent to an activating group) is 1. The second-order valence-electron chi connectivity index (χ2n) is 11.7. The summed E-state index contributed by atoms with van der Waals surface area (Å²) in [5, 5.41) is 8.31. The van der Waals surface area contributed by atoms with Gasteiger partial charge in [0.15, 0.2) is 0 Å². The Kier molecular flexibility index (Phi) is 8.12. The van der Waals surface area contributed by atoms with Gasteiger partial charge in [-0.3, -0.25) is 14.3 Å². The molecule has 1 N–H and O–H groups in total. The highest BCUT2D eigenvalue weighted by atomic mass is 16.5. The first-order chi connectivity index (χ1) is 18.5. The number of ether oxygens (including phenoxy) is 2. The van der Waals surface area contributed by atoms with E-state index in [0.717, 1.165) is 41.2 Å². The van der Waals surface area contributed by atoms with E-state index < -0.39 is 5.54 Å². The molecule has 2 aliphatic heterocycles. The number of hydrogen-bond acceptors (Lipinski definition) is 6. The quantitative estimate of drug-likeness (QED) is 0.538.